The van der Waals surface area contributed by atoms with Gasteiger partial charge in [0.25, 0.3) is 5.56 Å². The van der Waals surface area contributed by atoms with Crippen molar-refractivity contribution in [3.05, 3.63) is 68.7 Å². The summed E-state index contributed by atoms with van der Waals surface area (Å²) >= 11 is 1.19. The van der Waals surface area contributed by atoms with Crippen molar-refractivity contribution >= 4 is 27.5 Å². The molecule has 4 aromatic rings. The van der Waals surface area contributed by atoms with Crippen molar-refractivity contribution < 1.29 is 28.5 Å². The van der Waals surface area contributed by atoms with Gasteiger partial charge in [-0.25, -0.2) is 19.1 Å². The minimum atomic E-state index is -1.81. The zero-order chi connectivity index (χ0) is 27.9. The number of nitrogens with zero attached hydrogens (tertiary/aromatic N) is 3. The van der Waals surface area contributed by atoms with Crippen molar-refractivity contribution in [1.82, 2.24) is 14.1 Å². The van der Waals surface area contributed by atoms with Gasteiger partial charge in [-0.15, -0.1) is 11.3 Å². The molecule has 1 fully saturated rings. The van der Waals surface area contributed by atoms with Crippen LogP contribution in [-0.2, 0) is 26.4 Å². The number of para-hydroxylation sites is 1. The second-order valence-corrected chi connectivity index (χ2v) is 10.9. The summed E-state index contributed by atoms with van der Waals surface area (Å²) in [5.41, 5.74) is -1.99. The summed E-state index contributed by atoms with van der Waals surface area (Å²) in [7, 11) is 1.56. The minimum absolute atomic E-state index is 0.00421. The number of fused-ring (bicyclic) bond motifs is 1. The van der Waals surface area contributed by atoms with Crippen LogP contribution in [0.3, 0.4) is 0 Å². The van der Waals surface area contributed by atoms with E-state index in [1.807, 2.05) is 18.2 Å². The SMILES string of the molecule is COc1ccccc1C(Cn1c(=O)n(C(C)(C)C(=O)O)c(=O)c2c(C)c(-c3ncco3)sc21)OCC1COC1. The average molecular weight is 556 g/mol. The summed E-state index contributed by atoms with van der Waals surface area (Å²) in [5, 5.41) is 10.2. The molecule has 4 heterocycles. The molecule has 5 rings (SSSR count). The van der Waals surface area contributed by atoms with Gasteiger partial charge in [-0.1, -0.05) is 18.2 Å². The van der Waals surface area contributed by atoms with Crippen molar-refractivity contribution in [2.24, 2.45) is 5.92 Å². The molecule has 39 heavy (non-hydrogen) atoms. The maximum Gasteiger partial charge on any atom is 0.333 e. The Hall–Kier alpha value is -3.74. The fourth-order valence-electron chi connectivity index (χ4n) is 4.61. The number of carbonyl (C=O) groups is 1. The molecule has 0 amide bonds. The number of hydrogen-bond donors (Lipinski definition) is 1. The van der Waals surface area contributed by atoms with Crippen LogP contribution in [0.25, 0.3) is 21.0 Å². The van der Waals surface area contributed by atoms with Gasteiger partial charge in [0.1, 0.15) is 28.5 Å². The zero-order valence-corrected chi connectivity index (χ0v) is 22.8. The lowest BCUT2D eigenvalue weighted by Crippen LogP contribution is -2.52. The van der Waals surface area contributed by atoms with Crippen LogP contribution in [-0.4, -0.2) is 52.1 Å². The molecule has 0 saturated carbocycles. The first-order valence-corrected chi connectivity index (χ1v) is 13.2. The van der Waals surface area contributed by atoms with Gasteiger partial charge < -0.3 is 23.7 Å². The molecule has 0 bridgehead atoms. The number of benzene rings is 1. The standard InChI is InChI=1S/C27H29N3O8S/c1-15-20-23(31)30(27(2,3)25(32)33)26(34)29(24(20)39-21(15)22-28-9-10-37-22)11-19(38-14-16-12-36-13-16)17-7-5-6-8-18(17)35-4/h5-10,16,19H,11-14H2,1-4H3,(H,32,33). The number of rotatable bonds is 10. The Labute approximate surface area is 227 Å². The van der Waals surface area contributed by atoms with E-state index in [1.54, 1.807) is 20.1 Å². The predicted molar refractivity (Wildman–Crippen MR) is 144 cm³/mol. The van der Waals surface area contributed by atoms with E-state index < -0.39 is 28.9 Å². The number of ether oxygens (including phenoxy) is 3. The molecule has 0 radical (unpaired) electrons. The van der Waals surface area contributed by atoms with Gasteiger partial charge in [0.15, 0.2) is 0 Å². The monoisotopic (exact) mass is 555 g/mol. The molecular weight excluding hydrogens is 526 g/mol. The highest BCUT2D eigenvalue weighted by atomic mass is 32.1. The number of carboxylic acids is 1. The molecule has 12 heteroatoms. The van der Waals surface area contributed by atoms with Crippen LogP contribution in [0.1, 0.15) is 31.1 Å². The number of methoxy groups -OCH3 is 1. The first-order chi connectivity index (χ1) is 18.6. The Morgan fingerprint density at radius 2 is 2.03 bits per heavy atom. The fourth-order valence-corrected chi connectivity index (χ4v) is 5.85. The second kappa shape index (κ2) is 10.4. The third kappa shape index (κ3) is 4.68. The van der Waals surface area contributed by atoms with Gasteiger partial charge in [-0.2, -0.15) is 0 Å². The van der Waals surface area contributed by atoms with Gasteiger partial charge in [0, 0.05) is 11.5 Å². The largest absolute Gasteiger partial charge is 0.496 e. The maximum absolute atomic E-state index is 14.0. The molecule has 1 aromatic carbocycles. The lowest BCUT2D eigenvalue weighted by Gasteiger charge is -2.29. The Morgan fingerprint density at radius 3 is 2.64 bits per heavy atom. The summed E-state index contributed by atoms with van der Waals surface area (Å²) < 4.78 is 24.9. The lowest BCUT2D eigenvalue weighted by molar-refractivity contribution is -0.146. The summed E-state index contributed by atoms with van der Waals surface area (Å²) in [6.45, 7) is 5.97. The fraction of sp³-hybridized carbons (Fsp3) is 0.407. The average Bonchev–Trinajstić information content (AvgIpc) is 3.52. The molecule has 1 unspecified atom stereocenters. The Kier molecular flexibility index (Phi) is 7.19. The summed E-state index contributed by atoms with van der Waals surface area (Å²) in [4.78, 5) is 45.1. The van der Waals surface area contributed by atoms with Crippen LogP contribution in [0.5, 0.6) is 5.75 Å². The Balaban J connectivity index is 1.74. The van der Waals surface area contributed by atoms with Crippen LogP contribution < -0.4 is 16.0 Å². The number of oxazole rings is 1. The first kappa shape index (κ1) is 26.9. The molecule has 0 aliphatic carbocycles. The highest BCUT2D eigenvalue weighted by Gasteiger charge is 2.36. The number of thiophene rings is 1. The van der Waals surface area contributed by atoms with Crippen molar-refractivity contribution in [2.75, 3.05) is 26.9 Å². The van der Waals surface area contributed by atoms with Crippen molar-refractivity contribution in [1.29, 1.82) is 0 Å². The van der Waals surface area contributed by atoms with Crippen LogP contribution in [0, 0.1) is 12.8 Å². The maximum atomic E-state index is 14.0. The van der Waals surface area contributed by atoms with Gasteiger partial charge in [-0.05, 0) is 32.4 Å². The number of aliphatic carboxylic acids is 1. The number of aryl methyl sites for hydroxylation is 1. The van der Waals surface area contributed by atoms with Gasteiger partial charge in [0.05, 0.1) is 49.9 Å². The van der Waals surface area contributed by atoms with E-state index in [1.165, 1.54) is 42.2 Å². The van der Waals surface area contributed by atoms with E-state index in [-0.39, 0.29) is 17.8 Å². The molecule has 1 aliphatic rings. The first-order valence-electron chi connectivity index (χ1n) is 12.4. The molecule has 1 aliphatic heterocycles. The predicted octanol–water partition coefficient (Wildman–Crippen LogP) is 3.42. The molecule has 1 atom stereocenters. The van der Waals surface area contributed by atoms with E-state index >= 15 is 0 Å². The topological polar surface area (TPSA) is 135 Å². The Bertz CT molecular complexity index is 1630. The number of hydrogen-bond acceptors (Lipinski definition) is 9. The molecule has 0 spiro atoms. The van der Waals surface area contributed by atoms with E-state index in [9.17, 15) is 19.5 Å². The van der Waals surface area contributed by atoms with E-state index in [4.69, 9.17) is 18.6 Å². The van der Waals surface area contributed by atoms with Crippen molar-refractivity contribution in [3.63, 3.8) is 0 Å². The quantitative estimate of drug-likeness (QED) is 0.312. The van der Waals surface area contributed by atoms with Crippen LogP contribution >= 0.6 is 11.3 Å². The van der Waals surface area contributed by atoms with E-state index in [0.29, 0.717) is 46.7 Å². The third-order valence-electron chi connectivity index (χ3n) is 7.00. The molecule has 1 N–H and O–H groups in total. The summed E-state index contributed by atoms with van der Waals surface area (Å²) in [6, 6.07) is 7.35. The van der Waals surface area contributed by atoms with E-state index in [0.717, 1.165) is 10.1 Å². The smallest absolute Gasteiger partial charge is 0.333 e. The lowest BCUT2D eigenvalue weighted by atomic mass is 10.0. The van der Waals surface area contributed by atoms with Crippen molar-refractivity contribution in [2.45, 2.75) is 39.0 Å². The molecule has 11 nitrogen and oxygen atoms in total. The van der Waals surface area contributed by atoms with Crippen LogP contribution in [0.2, 0.25) is 0 Å². The van der Waals surface area contributed by atoms with Gasteiger partial charge >= 0.3 is 11.7 Å². The van der Waals surface area contributed by atoms with Gasteiger partial charge in [0.2, 0.25) is 5.89 Å². The molecular formula is C27H29N3O8S. The zero-order valence-electron chi connectivity index (χ0n) is 22.0. The summed E-state index contributed by atoms with van der Waals surface area (Å²) in [6.07, 6.45) is 2.27. The van der Waals surface area contributed by atoms with Crippen LogP contribution in [0.4, 0.5) is 0 Å². The summed E-state index contributed by atoms with van der Waals surface area (Å²) in [5.74, 6) is -0.201. The number of carboxylic acid groups (broad SMARTS) is 1. The highest BCUT2D eigenvalue weighted by molar-refractivity contribution is 7.22. The highest BCUT2D eigenvalue weighted by Crippen LogP contribution is 2.37. The van der Waals surface area contributed by atoms with Gasteiger partial charge in [-0.3, -0.25) is 9.36 Å². The molecule has 1 saturated heterocycles. The van der Waals surface area contributed by atoms with Crippen molar-refractivity contribution in [3.8, 4) is 16.5 Å². The second-order valence-electron chi connectivity index (χ2n) is 9.94. The van der Waals surface area contributed by atoms with Crippen LogP contribution in [0.15, 0.2) is 50.7 Å². The normalized spacial score (nSPS) is 14.9. The molecule has 206 valence electrons. The Morgan fingerprint density at radius 1 is 1.28 bits per heavy atom. The molecule has 3 aromatic heterocycles. The minimum Gasteiger partial charge on any atom is -0.496 e. The van der Waals surface area contributed by atoms with E-state index in [2.05, 4.69) is 4.98 Å². The third-order valence-corrected chi connectivity index (χ3v) is 8.30. The number of aromatic nitrogens is 3.